The summed E-state index contributed by atoms with van der Waals surface area (Å²) < 4.78 is 0. The van der Waals surface area contributed by atoms with E-state index in [1.165, 1.54) is 0 Å². The zero-order valence-electron chi connectivity index (χ0n) is 9.81. The predicted octanol–water partition coefficient (Wildman–Crippen LogP) is 6.09. The maximum Gasteiger partial charge on any atom is 0.150 e. The highest BCUT2D eigenvalue weighted by molar-refractivity contribution is 6.51. The Balaban J connectivity index is 2.79. The second-order valence-electron chi connectivity index (χ2n) is 4.04. The van der Waals surface area contributed by atoms with Crippen LogP contribution >= 0.6 is 46.4 Å². The summed E-state index contributed by atoms with van der Waals surface area (Å²) in [5.74, 6) is 0. The Morgan fingerprint density at radius 1 is 0.947 bits per heavy atom. The van der Waals surface area contributed by atoms with Crippen LogP contribution in [0.2, 0.25) is 20.1 Å². The highest BCUT2D eigenvalue weighted by Crippen LogP contribution is 2.44. The molecule has 0 aromatic heterocycles. The largest absolute Gasteiger partial charge is 0.298 e. The summed E-state index contributed by atoms with van der Waals surface area (Å²) in [7, 11) is 0. The number of halogens is 4. The molecule has 0 atom stereocenters. The third-order valence-corrected chi connectivity index (χ3v) is 4.34. The van der Waals surface area contributed by atoms with Crippen molar-refractivity contribution in [3.63, 3.8) is 0 Å². The molecule has 5 heteroatoms. The van der Waals surface area contributed by atoms with Gasteiger partial charge in [-0.15, -0.1) is 0 Å². The zero-order valence-corrected chi connectivity index (χ0v) is 12.8. The Kier molecular flexibility index (Phi) is 4.42. The van der Waals surface area contributed by atoms with Gasteiger partial charge in [0.05, 0.1) is 20.1 Å². The highest BCUT2D eigenvalue weighted by Gasteiger charge is 2.17. The molecule has 1 nitrogen and oxygen atoms in total. The molecule has 0 unspecified atom stereocenters. The van der Waals surface area contributed by atoms with Crippen LogP contribution in [0.5, 0.6) is 0 Å². The third kappa shape index (κ3) is 2.75. The first-order chi connectivity index (χ1) is 8.95. The summed E-state index contributed by atoms with van der Waals surface area (Å²) >= 11 is 24.4. The summed E-state index contributed by atoms with van der Waals surface area (Å²) in [5.41, 5.74) is 2.82. The number of hydrogen-bond acceptors (Lipinski definition) is 1. The van der Waals surface area contributed by atoms with Crippen LogP contribution in [-0.4, -0.2) is 6.29 Å². The Morgan fingerprint density at radius 2 is 1.63 bits per heavy atom. The van der Waals surface area contributed by atoms with Crippen molar-refractivity contribution >= 4 is 52.7 Å². The second kappa shape index (κ2) is 5.72. The maximum atomic E-state index is 10.9. The molecule has 0 saturated carbocycles. The number of rotatable bonds is 2. The van der Waals surface area contributed by atoms with E-state index in [1.54, 1.807) is 18.2 Å². The summed E-state index contributed by atoms with van der Waals surface area (Å²) in [5, 5.41) is 1.22. The lowest BCUT2D eigenvalue weighted by atomic mass is 9.98. The van der Waals surface area contributed by atoms with E-state index in [2.05, 4.69) is 0 Å². The zero-order chi connectivity index (χ0) is 14.2. The van der Waals surface area contributed by atoms with E-state index in [0.717, 1.165) is 17.4 Å². The van der Waals surface area contributed by atoms with Crippen LogP contribution in [0.15, 0.2) is 24.3 Å². The van der Waals surface area contributed by atoms with Crippen molar-refractivity contribution in [2.75, 3.05) is 0 Å². The minimum absolute atomic E-state index is 0.249. The third-order valence-electron chi connectivity index (χ3n) is 2.78. The number of aldehydes is 1. The predicted molar refractivity (Wildman–Crippen MR) is 82.0 cm³/mol. The minimum Gasteiger partial charge on any atom is -0.298 e. The number of carbonyl (C=O) groups is 1. The summed E-state index contributed by atoms with van der Waals surface area (Å²) in [6.07, 6.45) is 0.766. The Morgan fingerprint density at radius 3 is 2.26 bits per heavy atom. The van der Waals surface area contributed by atoms with E-state index in [9.17, 15) is 4.79 Å². The summed E-state index contributed by atoms with van der Waals surface area (Å²) in [6, 6.07) is 6.82. The average Bonchev–Trinajstić information content (AvgIpc) is 2.38. The molecule has 0 aliphatic heterocycles. The van der Waals surface area contributed by atoms with Crippen molar-refractivity contribution in [2.45, 2.75) is 6.92 Å². The molecule has 98 valence electrons. The first kappa shape index (κ1) is 14.7. The van der Waals surface area contributed by atoms with Gasteiger partial charge in [0.15, 0.2) is 0 Å². The Labute approximate surface area is 131 Å². The van der Waals surface area contributed by atoms with Gasteiger partial charge in [-0.1, -0.05) is 58.5 Å². The molecular weight excluding hydrogens is 326 g/mol. The number of carbonyl (C=O) groups excluding carboxylic acids is 1. The lowest BCUT2D eigenvalue weighted by Crippen LogP contribution is -1.90. The fraction of sp³-hybridized carbons (Fsp3) is 0.0714. The van der Waals surface area contributed by atoms with Crippen LogP contribution in [0.3, 0.4) is 0 Å². The van der Waals surface area contributed by atoms with Gasteiger partial charge in [0.25, 0.3) is 0 Å². The van der Waals surface area contributed by atoms with E-state index in [1.807, 2.05) is 13.0 Å². The first-order valence-corrected chi connectivity index (χ1v) is 6.86. The SMILES string of the molecule is Cc1ccc(C=O)cc1-c1c(Cl)cc(Cl)c(Cl)c1Cl. The highest BCUT2D eigenvalue weighted by atomic mass is 35.5. The number of hydrogen-bond donors (Lipinski definition) is 0. The maximum absolute atomic E-state index is 10.9. The van der Waals surface area contributed by atoms with Gasteiger partial charge in [-0.25, -0.2) is 0 Å². The molecule has 0 spiro atoms. The van der Waals surface area contributed by atoms with Gasteiger partial charge in [-0.2, -0.15) is 0 Å². The minimum atomic E-state index is 0.249. The molecule has 0 fully saturated rings. The van der Waals surface area contributed by atoms with Crippen LogP contribution < -0.4 is 0 Å². The lowest BCUT2D eigenvalue weighted by Gasteiger charge is -2.13. The first-order valence-electron chi connectivity index (χ1n) is 5.35. The molecular formula is C14H8Cl4O. The van der Waals surface area contributed by atoms with Gasteiger partial charge in [-0.05, 0) is 30.2 Å². The summed E-state index contributed by atoms with van der Waals surface area (Å²) in [6.45, 7) is 1.90. The van der Waals surface area contributed by atoms with Crippen molar-refractivity contribution in [1.29, 1.82) is 0 Å². The molecule has 0 aliphatic carbocycles. The van der Waals surface area contributed by atoms with Crippen LogP contribution in [-0.2, 0) is 0 Å². The molecule has 0 amide bonds. The van der Waals surface area contributed by atoms with Gasteiger partial charge in [0.2, 0.25) is 0 Å². The molecule has 0 aliphatic rings. The topological polar surface area (TPSA) is 17.1 Å². The Hall–Kier alpha value is -0.730. The number of aryl methyl sites for hydroxylation is 1. The molecule has 0 saturated heterocycles. The second-order valence-corrected chi connectivity index (χ2v) is 5.61. The van der Waals surface area contributed by atoms with Crippen molar-refractivity contribution < 1.29 is 4.79 Å². The molecule has 0 N–H and O–H groups in total. The molecule has 0 heterocycles. The monoisotopic (exact) mass is 332 g/mol. The van der Waals surface area contributed by atoms with E-state index < -0.39 is 0 Å². The molecule has 0 radical (unpaired) electrons. The van der Waals surface area contributed by atoms with Gasteiger partial charge in [0.1, 0.15) is 6.29 Å². The molecule has 2 aromatic carbocycles. The lowest BCUT2D eigenvalue weighted by molar-refractivity contribution is 0.112. The van der Waals surface area contributed by atoms with Crippen molar-refractivity contribution in [3.8, 4) is 11.1 Å². The molecule has 2 rings (SSSR count). The fourth-order valence-electron chi connectivity index (χ4n) is 1.80. The van der Waals surface area contributed by atoms with Crippen molar-refractivity contribution in [3.05, 3.63) is 55.5 Å². The summed E-state index contributed by atoms with van der Waals surface area (Å²) in [4.78, 5) is 10.9. The van der Waals surface area contributed by atoms with Gasteiger partial charge in [0, 0.05) is 11.1 Å². The average molecular weight is 334 g/mol. The van der Waals surface area contributed by atoms with Crippen molar-refractivity contribution in [2.24, 2.45) is 0 Å². The molecule has 0 bridgehead atoms. The smallest absolute Gasteiger partial charge is 0.150 e. The van der Waals surface area contributed by atoms with Gasteiger partial charge in [-0.3, -0.25) is 4.79 Å². The van der Waals surface area contributed by atoms with E-state index in [4.69, 9.17) is 46.4 Å². The molecule has 19 heavy (non-hydrogen) atoms. The van der Waals surface area contributed by atoms with E-state index >= 15 is 0 Å². The standard InChI is InChI=1S/C14H8Cl4O/c1-7-2-3-8(6-19)4-9(7)12-10(15)5-11(16)13(17)14(12)18/h2-6H,1H3. The Bertz CT molecular complexity index is 665. The quantitative estimate of drug-likeness (QED) is 0.369. The van der Waals surface area contributed by atoms with E-state index in [-0.39, 0.29) is 10.0 Å². The normalized spacial score (nSPS) is 10.6. The number of benzene rings is 2. The van der Waals surface area contributed by atoms with Crippen molar-refractivity contribution in [1.82, 2.24) is 0 Å². The molecule has 2 aromatic rings. The van der Waals surface area contributed by atoms with Gasteiger partial charge < -0.3 is 0 Å². The van der Waals surface area contributed by atoms with Crippen LogP contribution in [0.4, 0.5) is 0 Å². The van der Waals surface area contributed by atoms with Crippen LogP contribution in [0, 0.1) is 6.92 Å². The fourth-order valence-corrected chi connectivity index (χ4v) is 2.91. The van der Waals surface area contributed by atoms with Crippen LogP contribution in [0.1, 0.15) is 15.9 Å². The van der Waals surface area contributed by atoms with Gasteiger partial charge >= 0.3 is 0 Å². The van der Waals surface area contributed by atoms with Crippen LogP contribution in [0.25, 0.3) is 11.1 Å². The van der Waals surface area contributed by atoms with E-state index in [0.29, 0.717) is 21.2 Å².